The van der Waals surface area contributed by atoms with Crippen LogP contribution in [-0.4, -0.2) is 29.3 Å². The Hall–Kier alpha value is -3.29. The van der Waals surface area contributed by atoms with Crippen LogP contribution < -0.4 is 10.6 Å². The molecule has 1 heterocycles. The van der Waals surface area contributed by atoms with Crippen molar-refractivity contribution in [2.75, 3.05) is 11.9 Å². The number of urea groups is 1. The van der Waals surface area contributed by atoms with Crippen molar-refractivity contribution in [3.05, 3.63) is 65.2 Å². The van der Waals surface area contributed by atoms with E-state index in [2.05, 4.69) is 10.6 Å². The van der Waals surface area contributed by atoms with E-state index in [1.807, 2.05) is 6.92 Å². The number of carbonyl (C=O) groups is 3. The standard InChI is InChI=1S/C22H23F2N3O3/c1-3-4-11-22(15-6-8-16(23)9-7-15)20(29)27(21(30)26-22)13-19(28)25-17-10-5-14(2)18(24)12-17/h5-10,12H,3-4,11,13H2,1-2H3,(H,25,28)(H,26,30)/t22-/m1/s1. The minimum Gasteiger partial charge on any atom is -0.324 e. The number of rotatable bonds is 7. The summed E-state index contributed by atoms with van der Waals surface area (Å²) >= 11 is 0. The molecule has 3 rings (SSSR count). The molecule has 0 aromatic heterocycles. The zero-order valence-corrected chi connectivity index (χ0v) is 16.8. The number of carbonyl (C=O) groups excluding carboxylic acids is 3. The lowest BCUT2D eigenvalue weighted by Gasteiger charge is -2.27. The van der Waals surface area contributed by atoms with Crippen LogP contribution in [0.3, 0.4) is 0 Å². The van der Waals surface area contributed by atoms with Gasteiger partial charge in [-0.15, -0.1) is 0 Å². The van der Waals surface area contributed by atoms with Gasteiger partial charge in [-0.1, -0.05) is 38.0 Å². The number of hydrogen-bond acceptors (Lipinski definition) is 3. The molecule has 0 aliphatic carbocycles. The number of halogens is 2. The molecule has 2 N–H and O–H groups in total. The Kier molecular flexibility index (Phi) is 6.14. The van der Waals surface area contributed by atoms with E-state index in [9.17, 15) is 23.2 Å². The maximum Gasteiger partial charge on any atom is 0.325 e. The van der Waals surface area contributed by atoms with Gasteiger partial charge in [0, 0.05) is 5.69 Å². The van der Waals surface area contributed by atoms with Crippen molar-refractivity contribution >= 4 is 23.5 Å². The minimum atomic E-state index is -1.35. The first-order valence-corrected chi connectivity index (χ1v) is 9.73. The van der Waals surface area contributed by atoms with Crippen LogP contribution in [0, 0.1) is 18.6 Å². The van der Waals surface area contributed by atoms with Crippen molar-refractivity contribution in [1.82, 2.24) is 10.2 Å². The van der Waals surface area contributed by atoms with Gasteiger partial charge in [0.25, 0.3) is 5.91 Å². The molecule has 8 heteroatoms. The largest absolute Gasteiger partial charge is 0.325 e. The molecule has 2 aromatic rings. The first-order valence-electron chi connectivity index (χ1n) is 9.73. The lowest BCUT2D eigenvalue weighted by molar-refractivity contribution is -0.134. The summed E-state index contributed by atoms with van der Waals surface area (Å²) in [5, 5.41) is 5.19. The predicted molar refractivity (Wildman–Crippen MR) is 108 cm³/mol. The van der Waals surface area contributed by atoms with Gasteiger partial charge in [-0.3, -0.25) is 14.5 Å². The molecule has 0 spiro atoms. The van der Waals surface area contributed by atoms with E-state index in [0.29, 0.717) is 24.0 Å². The molecule has 1 fully saturated rings. The van der Waals surface area contributed by atoms with Crippen LogP contribution in [0.2, 0.25) is 0 Å². The topological polar surface area (TPSA) is 78.5 Å². The fourth-order valence-corrected chi connectivity index (χ4v) is 3.47. The summed E-state index contributed by atoms with van der Waals surface area (Å²) in [6, 6.07) is 8.89. The summed E-state index contributed by atoms with van der Waals surface area (Å²) in [6.45, 7) is 3.03. The minimum absolute atomic E-state index is 0.228. The Morgan fingerprint density at radius 1 is 1.13 bits per heavy atom. The van der Waals surface area contributed by atoms with Crippen LogP contribution in [-0.2, 0) is 15.1 Å². The highest BCUT2D eigenvalue weighted by Gasteiger charge is 2.52. The molecule has 1 aliphatic rings. The van der Waals surface area contributed by atoms with E-state index < -0.39 is 41.6 Å². The summed E-state index contributed by atoms with van der Waals surface area (Å²) in [4.78, 5) is 39.0. The van der Waals surface area contributed by atoms with Gasteiger partial charge in [0.2, 0.25) is 5.91 Å². The highest BCUT2D eigenvalue weighted by atomic mass is 19.1. The van der Waals surface area contributed by atoms with Crippen molar-refractivity contribution in [2.24, 2.45) is 0 Å². The zero-order valence-electron chi connectivity index (χ0n) is 16.8. The summed E-state index contributed by atoms with van der Waals surface area (Å²) in [5.74, 6) is -2.13. The second kappa shape index (κ2) is 8.61. The lowest BCUT2D eigenvalue weighted by Crippen LogP contribution is -2.44. The third kappa shape index (κ3) is 4.17. The first kappa shape index (κ1) is 21.4. The Bertz CT molecular complexity index is 978. The van der Waals surface area contributed by atoms with E-state index in [4.69, 9.17) is 0 Å². The Morgan fingerprint density at radius 2 is 1.83 bits per heavy atom. The van der Waals surface area contributed by atoms with Gasteiger partial charge in [-0.25, -0.2) is 13.6 Å². The number of aryl methyl sites for hydroxylation is 1. The number of anilines is 1. The van der Waals surface area contributed by atoms with Gasteiger partial charge in [0.05, 0.1) is 0 Å². The van der Waals surface area contributed by atoms with Crippen LogP contribution in [0.25, 0.3) is 0 Å². The van der Waals surface area contributed by atoms with Gasteiger partial charge < -0.3 is 10.6 Å². The van der Waals surface area contributed by atoms with Crippen molar-refractivity contribution in [3.63, 3.8) is 0 Å². The van der Waals surface area contributed by atoms with Gasteiger partial charge in [-0.2, -0.15) is 0 Å². The maximum absolute atomic E-state index is 13.7. The number of amides is 4. The summed E-state index contributed by atoms with van der Waals surface area (Å²) in [5.41, 5.74) is -0.232. The summed E-state index contributed by atoms with van der Waals surface area (Å²) in [6.07, 6.45) is 1.75. The van der Waals surface area contributed by atoms with Crippen LogP contribution in [0.5, 0.6) is 0 Å². The van der Waals surface area contributed by atoms with E-state index in [0.717, 1.165) is 11.3 Å². The average molecular weight is 415 g/mol. The third-order valence-electron chi connectivity index (χ3n) is 5.18. The molecular formula is C22H23F2N3O3. The first-order chi connectivity index (χ1) is 14.3. The number of nitrogens with one attached hydrogen (secondary N) is 2. The van der Waals surface area contributed by atoms with Gasteiger partial charge >= 0.3 is 6.03 Å². The molecule has 6 nitrogen and oxygen atoms in total. The van der Waals surface area contributed by atoms with Crippen molar-refractivity contribution in [3.8, 4) is 0 Å². The zero-order chi connectivity index (χ0) is 21.9. The second-order valence-corrected chi connectivity index (χ2v) is 7.35. The van der Waals surface area contributed by atoms with Gasteiger partial charge in [-0.05, 0) is 48.7 Å². The number of benzene rings is 2. The second-order valence-electron chi connectivity index (χ2n) is 7.35. The lowest BCUT2D eigenvalue weighted by atomic mass is 9.85. The van der Waals surface area contributed by atoms with Crippen LogP contribution in [0.1, 0.15) is 37.3 Å². The Balaban J connectivity index is 1.81. The van der Waals surface area contributed by atoms with E-state index in [1.54, 1.807) is 6.92 Å². The smallest absolute Gasteiger partial charge is 0.324 e. The van der Waals surface area contributed by atoms with Crippen LogP contribution >= 0.6 is 0 Å². The van der Waals surface area contributed by atoms with Crippen LogP contribution in [0.15, 0.2) is 42.5 Å². The molecule has 2 aromatic carbocycles. The summed E-state index contributed by atoms with van der Waals surface area (Å²) in [7, 11) is 0. The predicted octanol–water partition coefficient (Wildman–Crippen LogP) is 3.85. The average Bonchev–Trinajstić information content (AvgIpc) is 2.95. The fourth-order valence-electron chi connectivity index (χ4n) is 3.47. The SMILES string of the molecule is CCCC[C@]1(c2ccc(F)cc2)NC(=O)N(CC(=O)Nc2ccc(C)c(F)c2)C1=O. The molecule has 1 aliphatic heterocycles. The number of unbranched alkanes of at least 4 members (excludes halogenated alkanes) is 1. The summed E-state index contributed by atoms with van der Waals surface area (Å²) < 4.78 is 27.1. The molecule has 0 radical (unpaired) electrons. The van der Waals surface area contributed by atoms with Gasteiger partial charge in [0.15, 0.2) is 0 Å². The highest BCUT2D eigenvalue weighted by Crippen LogP contribution is 2.34. The Labute approximate surface area is 173 Å². The molecule has 0 bridgehead atoms. The maximum atomic E-state index is 13.7. The van der Waals surface area contributed by atoms with Crippen molar-refractivity contribution in [2.45, 2.75) is 38.6 Å². The number of hydrogen-bond donors (Lipinski definition) is 2. The molecule has 0 unspecified atom stereocenters. The Morgan fingerprint density at radius 3 is 2.47 bits per heavy atom. The van der Waals surface area contributed by atoms with Gasteiger partial charge in [0.1, 0.15) is 23.7 Å². The normalized spacial score (nSPS) is 18.5. The monoisotopic (exact) mass is 415 g/mol. The highest BCUT2D eigenvalue weighted by molar-refractivity contribution is 6.10. The number of imide groups is 1. The molecule has 0 saturated carbocycles. The number of nitrogens with zero attached hydrogens (tertiary/aromatic N) is 1. The van der Waals surface area contributed by atoms with E-state index in [1.165, 1.54) is 42.5 Å². The molecule has 1 atom stereocenters. The fraction of sp³-hybridized carbons (Fsp3) is 0.318. The van der Waals surface area contributed by atoms with Crippen LogP contribution in [0.4, 0.5) is 19.3 Å². The van der Waals surface area contributed by atoms with E-state index in [-0.39, 0.29) is 5.69 Å². The van der Waals surface area contributed by atoms with Crippen molar-refractivity contribution in [1.29, 1.82) is 0 Å². The van der Waals surface area contributed by atoms with Crippen molar-refractivity contribution < 1.29 is 23.2 Å². The molecule has 30 heavy (non-hydrogen) atoms. The molecule has 4 amide bonds. The quantitative estimate of drug-likeness (QED) is 0.675. The molecule has 158 valence electrons. The molecule has 1 saturated heterocycles. The molecular weight excluding hydrogens is 392 g/mol. The third-order valence-corrected chi connectivity index (χ3v) is 5.18. The van der Waals surface area contributed by atoms with E-state index >= 15 is 0 Å².